The van der Waals surface area contributed by atoms with Crippen LogP contribution in [0.1, 0.15) is 42.5 Å². The van der Waals surface area contributed by atoms with E-state index >= 15 is 4.79 Å². The Balaban J connectivity index is 1.19. The first-order valence-corrected chi connectivity index (χ1v) is 27.1. The van der Waals surface area contributed by atoms with Gasteiger partial charge in [0.05, 0.1) is 0 Å². The van der Waals surface area contributed by atoms with Crippen molar-refractivity contribution in [3.63, 3.8) is 0 Å². The number of Topliss-reactive ketones (excluding diaryl/α,β-unsaturated/α-hetero) is 1. The Morgan fingerprint density at radius 2 is 0.479 bits per heavy atom. The van der Waals surface area contributed by atoms with Crippen LogP contribution in [0.5, 0.6) is 0 Å². The van der Waals surface area contributed by atoms with E-state index in [-0.39, 0.29) is 29.1 Å². The fourth-order valence-electron chi connectivity index (χ4n) is 27.4. The molecule has 1 heteroatoms. The molecule has 0 radical (unpaired) electrons. The molecule has 3 fully saturated rings. The third-order valence-electron chi connectivity index (χ3n) is 27.4. The molecule has 300 valence electrons. The fourth-order valence-corrected chi connectivity index (χ4v) is 27.4. The van der Waals surface area contributed by atoms with E-state index in [0.29, 0.717) is 5.78 Å². The number of hydrogen-bond acceptors (Lipinski definition) is 1. The lowest BCUT2D eigenvalue weighted by molar-refractivity contribution is -0.149. The van der Waals surface area contributed by atoms with Gasteiger partial charge in [0.1, 0.15) is 5.78 Å². The van der Waals surface area contributed by atoms with Gasteiger partial charge in [-0.3, -0.25) is 4.79 Å². The third-order valence-corrected chi connectivity index (χ3v) is 27.4. The molecular formula is C70H14O. The van der Waals surface area contributed by atoms with Gasteiger partial charge >= 0.3 is 0 Å². The van der Waals surface area contributed by atoms with E-state index in [1.165, 1.54) is 5.57 Å². The van der Waals surface area contributed by atoms with Gasteiger partial charge in [-0.05, 0) is 338 Å². The van der Waals surface area contributed by atoms with Crippen molar-refractivity contribution in [2.75, 3.05) is 0 Å². The minimum atomic E-state index is -0.505. The molecule has 4 atom stereocenters. The number of hydrogen-bond donors (Lipinski definition) is 0. The predicted molar refractivity (Wildman–Crippen MR) is 298 cm³/mol. The van der Waals surface area contributed by atoms with Gasteiger partial charge in [0.15, 0.2) is 0 Å². The molecule has 71 heavy (non-hydrogen) atoms. The Kier molecular flexibility index (Phi) is 2.23. The predicted octanol–water partition coefficient (Wildman–Crippen LogP) is 18.3. The van der Waals surface area contributed by atoms with Crippen molar-refractivity contribution in [1.82, 2.24) is 0 Å². The maximum atomic E-state index is 16.6. The maximum absolute atomic E-state index is 16.6. The van der Waals surface area contributed by atoms with Gasteiger partial charge in [-0.1, -0.05) is 19.1 Å². The minimum Gasteiger partial charge on any atom is -0.299 e. The Labute approximate surface area is 388 Å². The van der Waals surface area contributed by atoms with Gasteiger partial charge in [0.2, 0.25) is 0 Å². The summed E-state index contributed by atoms with van der Waals surface area (Å²) in [5.41, 5.74) is 7.13. The number of fused-ring (bicyclic) bond motifs is 2. The molecule has 0 unspecified atom stereocenters. The Bertz CT molecular complexity index is 7170. The molecule has 28 aromatic rings. The summed E-state index contributed by atoms with van der Waals surface area (Å²) < 4.78 is 0. The molecule has 35 rings (SSSR count). The molecule has 2 bridgehead atoms. The summed E-state index contributed by atoms with van der Waals surface area (Å²) in [6.45, 7) is 9.68. The molecule has 1 nitrogen and oxygen atoms in total. The van der Waals surface area contributed by atoms with Crippen molar-refractivity contribution >= 4 is 297 Å². The zero-order valence-electron chi connectivity index (χ0n) is 37.1. The molecule has 2 spiro atoms. The minimum absolute atomic E-state index is 0.0227. The summed E-state index contributed by atoms with van der Waals surface area (Å²) >= 11 is 0. The van der Waals surface area contributed by atoms with Crippen LogP contribution in [0.3, 0.4) is 0 Å². The second-order valence-corrected chi connectivity index (χ2v) is 27.3. The summed E-state index contributed by atoms with van der Waals surface area (Å²) in [5, 5.41) is 88.2. The van der Waals surface area contributed by atoms with Crippen LogP contribution in [-0.4, -0.2) is 5.78 Å². The number of carbonyl (C=O) groups excluding carboxylic acids is 1. The summed E-state index contributed by atoms with van der Waals surface area (Å²) in [7, 11) is 0. The lowest BCUT2D eigenvalue weighted by atomic mass is 9.31. The van der Waals surface area contributed by atoms with Crippen molar-refractivity contribution in [2.24, 2.45) is 23.7 Å². The molecule has 0 amide bonds. The average Bonchev–Trinajstić information content (AvgIpc) is 4.40. The zero-order chi connectivity index (χ0) is 42.7. The van der Waals surface area contributed by atoms with Crippen molar-refractivity contribution in [2.45, 2.75) is 31.1 Å². The summed E-state index contributed by atoms with van der Waals surface area (Å²) in [6, 6.07) is 0. The van der Waals surface area contributed by atoms with Crippen molar-refractivity contribution in [3.05, 3.63) is 34.4 Å². The highest BCUT2D eigenvalue weighted by molar-refractivity contribution is 6.82. The van der Waals surface area contributed by atoms with E-state index < -0.39 is 5.41 Å². The van der Waals surface area contributed by atoms with Gasteiger partial charge in [0, 0.05) is 22.7 Å². The number of ketones is 1. The van der Waals surface area contributed by atoms with Crippen LogP contribution in [-0.2, 0) is 15.6 Å². The lowest BCUT2D eigenvalue weighted by Gasteiger charge is -2.69. The quantitative estimate of drug-likeness (QED) is 0.119. The molecule has 7 aliphatic carbocycles. The Hall–Kier alpha value is -8.13. The summed E-state index contributed by atoms with van der Waals surface area (Å²) in [5.74, 6) is 0.703. The zero-order valence-corrected chi connectivity index (χ0v) is 37.1. The third kappa shape index (κ3) is 1.38. The molecule has 0 saturated heterocycles. The maximum Gasteiger partial charge on any atom is 0.140 e. The molecular weight excluding hydrogens is 857 g/mol. The normalized spacial score (nSPS) is 27.4. The smallest absolute Gasteiger partial charge is 0.140 e. The molecule has 7 aliphatic rings. The summed E-state index contributed by atoms with van der Waals surface area (Å²) in [6.07, 6.45) is 1.06. The first kappa shape index (κ1) is 26.7. The van der Waals surface area contributed by atoms with Crippen LogP contribution in [0, 0.1) is 23.7 Å². The number of benzene rings is 18. The topological polar surface area (TPSA) is 17.1 Å². The first-order chi connectivity index (χ1) is 35.1. The second kappa shape index (κ2) is 5.91. The van der Waals surface area contributed by atoms with Gasteiger partial charge in [-0.15, -0.1) is 0 Å². The van der Waals surface area contributed by atoms with Crippen LogP contribution in [0.2, 0.25) is 0 Å². The van der Waals surface area contributed by atoms with Crippen molar-refractivity contribution in [3.8, 4) is 0 Å². The summed E-state index contributed by atoms with van der Waals surface area (Å²) in [4.78, 5) is 16.6. The molecule has 0 heterocycles. The van der Waals surface area contributed by atoms with E-state index in [1.807, 2.05) is 0 Å². The molecule has 0 aliphatic heterocycles. The highest BCUT2D eigenvalue weighted by Crippen LogP contribution is 2.88. The monoisotopic (exact) mass is 870 g/mol. The number of allylic oxidation sites excluding steroid dienone is 1. The van der Waals surface area contributed by atoms with E-state index in [1.54, 1.807) is 313 Å². The number of rotatable bonds is 1. The van der Waals surface area contributed by atoms with E-state index in [2.05, 4.69) is 13.8 Å². The second-order valence-electron chi connectivity index (χ2n) is 27.3. The average molecular weight is 871 g/mol. The van der Waals surface area contributed by atoms with Crippen LogP contribution < -0.4 is 0 Å². The van der Waals surface area contributed by atoms with E-state index in [0.717, 1.165) is 6.42 Å². The van der Waals surface area contributed by atoms with Gasteiger partial charge in [-0.25, -0.2) is 0 Å². The highest BCUT2D eigenvalue weighted by Gasteiger charge is 2.80. The van der Waals surface area contributed by atoms with Gasteiger partial charge < -0.3 is 0 Å². The van der Waals surface area contributed by atoms with E-state index in [9.17, 15) is 0 Å². The molecule has 0 aromatic heterocycles. The standard InChI is InChI=1S/C70H14O/c1-5(2)7-4-8-6(3)68(71)63(7)70-66-59-53-43-35-25-17-13-10-9-11-15(17)23-31(25)45(53)51-41-33(23)27-19(11)20-12(9)16-18-14(10)22-21(13)29(35)39-40-30(22)36-26(18)32-24(16)34-28(20)38-37(27)47(41)55-56-48(38)42(34)52-46(32)54-44(36)50(40)62(61(66)49(39)43)67(70)60(54)58(52)65(56)69(8,70)64(55)57(51)59/h6-8,63H,1,4H2,2-3H3/t6-,7+,8-,63+,69?,70?/m1/s1. The molecule has 3 saturated carbocycles. The SMILES string of the molecule is C=C(C)[C@@H]1C[C@@H]2[C@@H](C)C(=O)[C@H]1C13c4c5c6c7c8c9c(c%10c%11c1c1c4c4c%12c5c5c6c6c8c8c%13c9c9c%10c%10c%11c%11c1c1c4c4c%12c%12c5c5c6c8c6c8c%13c9c9c%10c%10c%11c1c1c4c4c%12c5c6c5c8c9c%10c1c45)C723. The first-order valence-electron chi connectivity index (χ1n) is 27.1. The number of carbonyl (C=O) groups is 1. The van der Waals surface area contributed by atoms with Crippen molar-refractivity contribution in [1.29, 1.82) is 0 Å². The molecule has 0 N–H and O–H groups in total. The largest absolute Gasteiger partial charge is 0.299 e. The van der Waals surface area contributed by atoms with E-state index in [4.69, 9.17) is 6.58 Å². The van der Waals surface area contributed by atoms with Gasteiger partial charge in [-0.2, -0.15) is 0 Å². The molecule has 28 aromatic carbocycles. The fraction of sp³-hybridized carbons (Fsp3) is 0.129. The Morgan fingerprint density at radius 3 is 0.662 bits per heavy atom. The van der Waals surface area contributed by atoms with Crippen LogP contribution in [0.4, 0.5) is 0 Å². The van der Waals surface area contributed by atoms with Gasteiger partial charge in [0.25, 0.3) is 0 Å². The van der Waals surface area contributed by atoms with Crippen molar-refractivity contribution < 1.29 is 4.79 Å². The van der Waals surface area contributed by atoms with Crippen LogP contribution >= 0.6 is 0 Å². The highest BCUT2D eigenvalue weighted by atomic mass is 16.1. The lowest BCUT2D eigenvalue weighted by Crippen LogP contribution is -2.72. The Morgan fingerprint density at radius 1 is 0.310 bits per heavy atom. The van der Waals surface area contributed by atoms with Crippen LogP contribution in [0.25, 0.3) is 291 Å². The van der Waals surface area contributed by atoms with Crippen LogP contribution in [0.15, 0.2) is 12.2 Å².